The Morgan fingerprint density at radius 3 is 2.57 bits per heavy atom. The summed E-state index contributed by atoms with van der Waals surface area (Å²) in [5, 5.41) is 2.60. The first-order valence-corrected chi connectivity index (χ1v) is 16.7. The quantitative estimate of drug-likeness (QED) is 0.165. The number of nitrogens with one attached hydrogen (secondary N) is 1. The number of nitrogens with zero attached hydrogens (tertiary/aromatic N) is 1. The number of imide groups is 1. The van der Waals surface area contributed by atoms with Crippen LogP contribution < -0.4 is 14.8 Å². The van der Waals surface area contributed by atoms with Crippen LogP contribution >= 0.6 is 39.0 Å². The van der Waals surface area contributed by atoms with E-state index in [1.54, 1.807) is 25.1 Å². The second kappa shape index (κ2) is 14.4. The number of ether oxygens (including phenoxy) is 3. The molecule has 1 aliphatic carbocycles. The molecular weight excluding hydrogens is 668 g/mol. The van der Waals surface area contributed by atoms with E-state index in [1.807, 2.05) is 37.3 Å². The molecule has 2 aromatic carbocycles. The molecule has 1 saturated heterocycles. The summed E-state index contributed by atoms with van der Waals surface area (Å²) in [7, 11) is 0. The van der Waals surface area contributed by atoms with E-state index in [0.717, 1.165) is 58.3 Å². The molecule has 3 amide bonds. The maximum absolute atomic E-state index is 13.2. The lowest BCUT2D eigenvalue weighted by Crippen LogP contribution is -2.36. The Morgan fingerprint density at radius 1 is 1.05 bits per heavy atom. The largest absolute Gasteiger partial charge is 0.490 e. The van der Waals surface area contributed by atoms with Crippen molar-refractivity contribution in [2.45, 2.75) is 46.1 Å². The molecule has 230 valence electrons. The molecule has 0 unspecified atom stereocenters. The molecule has 0 atom stereocenters. The molecule has 1 aliphatic heterocycles. The number of hydrogen-bond donors (Lipinski definition) is 1. The van der Waals surface area contributed by atoms with Crippen molar-refractivity contribution in [1.82, 2.24) is 4.90 Å². The van der Waals surface area contributed by atoms with Gasteiger partial charge in [0.25, 0.3) is 11.1 Å². The van der Waals surface area contributed by atoms with Crippen LogP contribution in [0.15, 0.2) is 51.8 Å². The summed E-state index contributed by atoms with van der Waals surface area (Å²) in [5.74, 6) is -0.622. The second-order valence-corrected chi connectivity index (χ2v) is 12.9. The first kappa shape index (κ1) is 31.8. The summed E-state index contributed by atoms with van der Waals surface area (Å²) in [6.07, 6.45) is 5.13. The zero-order valence-electron chi connectivity index (χ0n) is 24.3. The minimum atomic E-state index is -0.579. The van der Waals surface area contributed by atoms with Crippen molar-refractivity contribution in [1.29, 1.82) is 0 Å². The highest BCUT2D eigenvalue weighted by molar-refractivity contribution is 9.10. The summed E-state index contributed by atoms with van der Waals surface area (Å²) in [6.45, 7) is 4.06. The fraction of sp³-hybridized carbons (Fsp3) is 0.312. The van der Waals surface area contributed by atoms with Gasteiger partial charge in [-0.3, -0.25) is 19.3 Å². The van der Waals surface area contributed by atoms with Crippen LogP contribution in [0.5, 0.6) is 11.5 Å². The fourth-order valence-corrected chi connectivity index (χ4v) is 7.68. The topological polar surface area (TPSA) is 111 Å². The average Bonchev–Trinajstić information content (AvgIpc) is 3.49. The van der Waals surface area contributed by atoms with Gasteiger partial charge in [0.2, 0.25) is 5.91 Å². The van der Waals surface area contributed by atoms with Crippen LogP contribution in [-0.4, -0.2) is 47.7 Å². The van der Waals surface area contributed by atoms with E-state index < -0.39 is 29.6 Å². The van der Waals surface area contributed by atoms with E-state index in [9.17, 15) is 19.2 Å². The molecule has 1 N–H and O–H groups in total. The Kier molecular flexibility index (Phi) is 10.4. The van der Waals surface area contributed by atoms with Crippen LogP contribution in [0.4, 0.5) is 9.80 Å². The van der Waals surface area contributed by atoms with Crippen molar-refractivity contribution in [2.75, 3.05) is 25.1 Å². The predicted octanol–water partition coefficient (Wildman–Crippen LogP) is 7.22. The third-order valence-corrected chi connectivity index (χ3v) is 9.64. The smallest absolute Gasteiger partial charge is 0.341 e. The average molecular weight is 700 g/mol. The van der Waals surface area contributed by atoms with Crippen molar-refractivity contribution < 1.29 is 33.4 Å². The zero-order valence-corrected chi connectivity index (χ0v) is 27.5. The highest BCUT2D eigenvalue weighted by Crippen LogP contribution is 2.41. The van der Waals surface area contributed by atoms with E-state index in [1.165, 1.54) is 11.3 Å². The minimum Gasteiger partial charge on any atom is -0.490 e. The number of amides is 3. The molecule has 9 nitrogen and oxygen atoms in total. The molecule has 44 heavy (non-hydrogen) atoms. The Balaban J connectivity index is 1.30. The highest BCUT2D eigenvalue weighted by Gasteiger charge is 2.37. The Morgan fingerprint density at radius 2 is 1.82 bits per heavy atom. The van der Waals surface area contributed by atoms with Crippen LogP contribution in [0.25, 0.3) is 6.08 Å². The van der Waals surface area contributed by atoms with Gasteiger partial charge in [-0.05, 0) is 102 Å². The van der Waals surface area contributed by atoms with E-state index >= 15 is 0 Å². The number of anilines is 1. The molecule has 5 rings (SSSR count). The number of esters is 1. The maximum Gasteiger partial charge on any atom is 0.341 e. The predicted molar refractivity (Wildman–Crippen MR) is 174 cm³/mol. The number of benzene rings is 2. The van der Waals surface area contributed by atoms with Gasteiger partial charge in [-0.25, -0.2) is 4.79 Å². The first-order chi connectivity index (χ1) is 21.3. The normalized spacial score (nSPS) is 15.3. The molecule has 2 heterocycles. The van der Waals surface area contributed by atoms with Gasteiger partial charge in [0, 0.05) is 4.88 Å². The molecule has 12 heteroatoms. The van der Waals surface area contributed by atoms with Crippen molar-refractivity contribution in [3.63, 3.8) is 0 Å². The number of thioether (sulfide) groups is 1. The van der Waals surface area contributed by atoms with Crippen molar-refractivity contribution in [3.05, 3.63) is 79.0 Å². The molecule has 1 aromatic heterocycles. The van der Waals surface area contributed by atoms with Gasteiger partial charge in [-0.1, -0.05) is 30.3 Å². The number of fused-ring (bicyclic) bond motifs is 1. The van der Waals surface area contributed by atoms with Gasteiger partial charge >= 0.3 is 5.97 Å². The standard InChI is InChI=1S/C32H31BrN2O7S2/c1-3-40-23-15-20(14-22(33)28(23)42-18-19-10-6-5-7-11-19)16-25-30(37)35(32(39)44-25)17-26(36)34-29-27(31(38)41-4-2)21-12-8-9-13-24(21)43-29/h5-7,10-11,14-16H,3-4,8-9,12-13,17-18H2,1-2H3,(H,34,36)/b25-16+. The number of thiophene rings is 1. The van der Waals surface area contributed by atoms with E-state index in [0.29, 0.717) is 45.3 Å². The van der Waals surface area contributed by atoms with Gasteiger partial charge in [0.05, 0.1) is 28.2 Å². The third-order valence-electron chi connectivity index (χ3n) is 6.93. The van der Waals surface area contributed by atoms with E-state index in [4.69, 9.17) is 14.2 Å². The molecule has 0 bridgehead atoms. The van der Waals surface area contributed by atoms with E-state index in [2.05, 4.69) is 21.2 Å². The number of rotatable bonds is 11. The first-order valence-electron chi connectivity index (χ1n) is 14.3. The number of carbonyl (C=O) groups excluding carboxylic acids is 4. The van der Waals surface area contributed by atoms with Crippen LogP contribution in [0.1, 0.15) is 58.6 Å². The molecule has 1 fully saturated rings. The van der Waals surface area contributed by atoms with Crippen molar-refractivity contribution in [2.24, 2.45) is 0 Å². The Bertz CT molecular complexity index is 1620. The molecule has 0 saturated carbocycles. The summed E-state index contributed by atoms with van der Waals surface area (Å²) >= 11 is 5.66. The van der Waals surface area contributed by atoms with Crippen molar-refractivity contribution >= 4 is 73.1 Å². The molecule has 0 spiro atoms. The highest BCUT2D eigenvalue weighted by atomic mass is 79.9. The molecule has 0 radical (unpaired) electrons. The van der Waals surface area contributed by atoms with Crippen LogP contribution in [-0.2, 0) is 33.8 Å². The summed E-state index contributed by atoms with van der Waals surface area (Å²) in [6, 6.07) is 13.3. The lowest BCUT2D eigenvalue weighted by molar-refractivity contribution is -0.127. The monoisotopic (exact) mass is 698 g/mol. The van der Waals surface area contributed by atoms with E-state index in [-0.39, 0.29) is 11.5 Å². The number of aryl methyl sites for hydroxylation is 1. The number of halogens is 1. The lowest BCUT2D eigenvalue weighted by atomic mass is 9.95. The summed E-state index contributed by atoms with van der Waals surface area (Å²) < 4.78 is 17.7. The molecule has 3 aromatic rings. The second-order valence-electron chi connectivity index (χ2n) is 9.99. The van der Waals surface area contributed by atoms with Gasteiger partial charge in [0.1, 0.15) is 18.2 Å². The number of hydrogen-bond acceptors (Lipinski definition) is 9. The summed E-state index contributed by atoms with van der Waals surface area (Å²) in [5.41, 5.74) is 2.91. The Labute approximate surface area is 272 Å². The maximum atomic E-state index is 13.2. The summed E-state index contributed by atoms with van der Waals surface area (Å²) in [4.78, 5) is 54.0. The number of carbonyl (C=O) groups is 4. The van der Waals surface area contributed by atoms with Crippen LogP contribution in [0.3, 0.4) is 0 Å². The van der Waals surface area contributed by atoms with Crippen molar-refractivity contribution in [3.8, 4) is 11.5 Å². The van der Waals surface area contributed by atoms with Gasteiger partial charge in [0.15, 0.2) is 11.5 Å². The molecular formula is C32H31BrN2O7S2. The van der Waals surface area contributed by atoms with Gasteiger partial charge in [-0.2, -0.15) is 0 Å². The fourth-order valence-electron chi connectivity index (χ4n) is 4.97. The third kappa shape index (κ3) is 7.19. The van der Waals surface area contributed by atoms with Crippen LogP contribution in [0.2, 0.25) is 0 Å². The van der Waals surface area contributed by atoms with Gasteiger partial charge < -0.3 is 19.5 Å². The SMILES string of the molecule is CCOC(=O)c1c(NC(=O)CN2C(=O)S/C(=C/c3cc(Br)c(OCc4ccccc4)c(OCC)c3)C2=O)sc2c1CCCC2. The zero-order chi connectivity index (χ0) is 31.2. The van der Waals surface area contributed by atoms with Gasteiger partial charge in [-0.15, -0.1) is 11.3 Å². The Hall–Kier alpha value is -3.61. The molecule has 2 aliphatic rings. The minimum absolute atomic E-state index is 0.175. The lowest BCUT2D eigenvalue weighted by Gasteiger charge is -2.15. The van der Waals surface area contributed by atoms with Crippen LogP contribution in [0, 0.1) is 0 Å².